The summed E-state index contributed by atoms with van der Waals surface area (Å²) in [6.07, 6.45) is 1.07. The SMILES string of the molecule is CCOC(=O)N1CCC[C@@H](C(=O)Nc2ccc(C)c(F)c2)C1. The maximum atomic E-state index is 13.5. The van der Waals surface area contributed by atoms with E-state index in [0.29, 0.717) is 37.4 Å². The molecular formula is C16H21FN2O3. The van der Waals surface area contributed by atoms with Gasteiger partial charge in [-0.3, -0.25) is 4.79 Å². The first-order valence-corrected chi connectivity index (χ1v) is 7.50. The van der Waals surface area contributed by atoms with Crippen molar-refractivity contribution in [2.45, 2.75) is 26.7 Å². The minimum Gasteiger partial charge on any atom is -0.450 e. The predicted molar refractivity (Wildman–Crippen MR) is 81.1 cm³/mol. The maximum Gasteiger partial charge on any atom is 0.409 e. The summed E-state index contributed by atoms with van der Waals surface area (Å²) in [5.41, 5.74) is 0.963. The fourth-order valence-electron chi connectivity index (χ4n) is 2.49. The first kappa shape index (κ1) is 16.3. The fourth-order valence-corrected chi connectivity index (χ4v) is 2.49. The van der Waals surface area contributed by atoms with Crippen molar-refractivity contribution in [3.05, 3.63) is 29.6 Å². The van der Waals surface area contributed by atoms with Crippen molar-refractivity contribution in [2.75, 3.05) is 25.0 Å². The van der Waals surface area contributed by atoms with Gasteiger partial charge in [-0.1, -0.05) is 6.07 Å². The minimum absolute atomic E-state index is 0.197. The van der Waals surface area contributed by atoms with Gasteiger partial charge in [0.1, 0.15) is 5.82 Å². The molecule has 0 saturated carbocycles. The van der Waals surface area contributed by atoms with Crippen LogP contribution in [0.1, 0.15) is 25.3 Å². The number of hydrogen-bond donors (Lipinski definition) is 1. The van der Waals surface area contributed by atoms with Crippen LogP contribution in [0, 0.1) is 18.7 Å². The van der Waals surface area contributed by atoms with Gasteiger partial charge in [-0.05, 0) is 44.4 Å². The Bertz CT molecular complexity index is 562. The highest BCUT2D eigenvalue weighted by molar-refractivity contribution is 5.93. The number of carbonyl (C=O) groups is 2. The van der Waals surface area contributed by atoms with Gasteiger partial charge in [0, 0.05) is 18.8 Å². The number of amides is 2. The molecule has 1 saturated heterocycles. The normalized spacial score (nSPS) is 18.0. The van der Waals surface area contributed by atoms with Crippen molar-refractivity contribution < 1.29 is 18.7 Å². The molecule has 0 aliphatic carbocycles. The molecule has 0 aromatic heterocycles. The third-order valence-electron chi connectivity index (χ3n) is 3.76. The Morgan fingerprint density at radius 1 is 1.45 bits per heavy atom. The number of benzene rings is 1. The molecule has 2 rings (SSSR count). The van der Waals surface area contributed by atoms with Crippen LogP contribution in [0.5, 0.6) is 0 Å². The van der Waals surface area contributed by atoms with E-state index in [-0.39, 0.29) is 23.7 Å². The van der Waals surface area contributed by atoms with Crippen LogP contribution in [-0.4, -0.2) is 36.6 Å². The summed E-state index contributed by atoms with van der Waals surface area (Å²) in [6, 6.07) is 4.60. The smallest absolute Gasteiger partial charge is 0.409 e. The van der Waals surface area contributed by atoms with Gasteiger partial charge in [-0.25, -0.2) is 9.18 Å². The van der Waals surface area contributed by atoms with Crippen LogP contribution in [0.2, 0.25) is 0 Å². The predicted octanol–water partition coefficient (Wildman–Crippen LogP) is 2.94. The molecule has 0 radical (unpaired) electrons. The van der Waals surface area contributed by atoms with E-state index in [9.17, 15) is 14.0 Å². The monoisotopic (exact) mass is 308 g/mol. The number of anilines is 1. The molecule has 6 heteroatoms. The van der Waals surface area contributed by atoms with E-state index in [1.807, 2.05) is 0 Å². The van der Waals surface area contributed by atoms with Gasteiger partial charge >= 0.3 is 6.09 Å². The first-order chi connectivity index (χ1) is 10.5. The number of nitrogens with one attached hydrogen (secondary N) is 1. The lowest BCUT2D eigenvalue weighted by Gasteiger charge is -2.31. The number of nitrogens with zero attached hydrogens (tertiary/aromatic N) is 1. The van der Waals surface area contributed by atoms with E-state index in [4.69, 9.17) is 4.74 Å². The van der Waals surface area contributed by atoms with Crippen LogP contribution in [0.3, 0.4) is 0 Å². The van der Waals surface area contributed by atoms with Crippen molar-refractivity contribution in [1.82, 2.24) is 4.90 Å². The molecule has 1 aromatic rings. The topological polar surface area (TPSA) is 58.6 Å². The van der Waals surface area contributed by atoms with Crippen LogP contribution in [0.25, 0.3) is 0 Å². The molecule has 1 aromatic carbocycles. The van der Waals surface area contributed by atoms with E-state index in [2.05, 4.69) is 5.32 Å². The lowest BCUT2D eigenvalue weighted by atomic mass is 9.97. The second kappa shape index (κ2) is 7.24. The fraction of sp³-hybridized carbons (Fsp3) is 0.500. The molecule has 1 N–H and O–H groups in total. The number of likely N-dealkylation sites (tertiary alicyclic amines) is 1. The zero-order valence-electron chi connectivity index (χ0n) is 12.9. The minimum atomic E-state index is -0.388. The third kappa shape index (κ3) is 3.96. The lowest BCUT2D eigenvalue weighted by molar-refractivity contribution is -0.121. The van der Waals surface area contributed by atoms with E-state index in [1.54, 1.807) is 30.9 Å². The molecule has 120 valence electrons. The third-order valence-corrected chi connectivity index (χ3v) is 3.76. The summed E-state index contributed by atoms with van der Waals surface area (Å²) < 4.78 is 18.5. The molecule has 0 bridgehead atoms. The summed E-state index contributed by atoms with van der Waals surface area (Å²) in [7, 11) is 0. The van der Waals surface area contributed by atoms with Crippen molar-refractivity contribution in [1.29, 1.82) is 0 Å². The highest BCUT2D eigenvalue weighted by Crippen LogP contribution is 2.20. The number of rotatable bonds is 3. The largest absolute Gasteiger partial charge is 0.450 e. The average Bonchev–Trinajstić information content (AvgIpc) is 2.51. The Morgan fingerprint density at radius 2 is 2.23 bits per heavy atom. The Balaban J connectivity index is 1.96. The van der Waals surface area contributed by atoms with Crippen LogP contribution < -0.4 is 5.32 Å². The number of piperidine rings is 1. The summed E-state index contributed by atoms with van der Waals surface area (Å²) in [4.78, 5) is 25.6. The molecule has 0 unspecified atom stereocenters. The van der Waals surface area contributed by atoms with Crippen LogP contribution in [0.15, 0.2) is 18.2 Å². The molecule has 22 heavy (non-hydrogen) atoms. The molecular weight excluding hydrogens is 287 g/mol. The highest BCUT2D eigenvalue weighted by atomic mass is 19.1. The summed E-state index contributed by atoms with van der Waals surface area (Å²) in [5, 5.41) is 2.71. The molecule has 2 amide bonds. The van der Waals surface area contributed by atoms with Crippen molar-refractivity contribution in [3.63, 3.8) is 0 Å². The molecule has 1 atom stereocenters. The standard InChI is InChI=1S/C16H21FN2O3/c1-3-22-16(21)19-8-4-5-12(10-19)15(20)18-13-7-6-11(2)14(17)9-13/h6-7,9,12H,3-5,8,10H2,1-2H3,(H,18,20)/t12-/m1/s1. The quantitative estimate of drug-likeness (QED) is 0.934. The zero-order valence-corrected chi connectivity index (χ0v) is 12.9. The van der Waals surface area contributed by atoms with Crippen LogP contribution >= 0.6 is 0 Å². The van der Waals surface area contributed by atoms with E-state index >= 15 is 0 Å². The van der Waals surface area contributed by atoms with Crippen molar-refractivity contribution >= 4 is 17.7 Å². The second-order valence-electron chi connectivity index (χ2n) is 5.44. The molecule has 1 heterocycles. The maximum absolute atomic E-state index is 13.5. The summed E-state index contributed by atoms with van der Waals surface area (Å²) in [5.74, 6) is -0.852. The van der Waals surface area contributed by atoms with Gasteiger partial charge in [0.05, 0.1) is 12.5 Å². The number of carbonyl (C=O) groups excluding carboxylic acids is 2. The molecule has 1 aliphatic rings. The first-order valence-electron chi connectivity index (χ1n) is 7.50. The van der Waals surface area contributed by atoms with Crippen LogP contribution in [0.4, 0.5) is 14.9 Å². The van der Waals surface area contributed by atoms with Crippen LogP contribution in [-0.2, 0) is 9.53 Å². The Kier molecular flexibility index (Phi) is 5.35. The Labute approximate surface area is 129 Å². The highest BCUT2D eigenvalue weighted by Gasteiger charge is 2.29. The Morgan fingerprint density at radius 3 is 2.91 bits per heavy atom. The number of ether oxygens (including phenoxy) is 1. The molecule has 0 spiro atoms. The van der Waals surface area contributed by atoms with Gasteiger partial charge in [0.15, 0.2) is 0 Å². The van der Waals surface area contributed by atoms with Gasteiger partial charge in [-0.15, -0.1) is 0 Å². The van der Waals surface area contributed by atoms with Gasteiger partial charge in [0.2, 0.25) is 5.91 Å². The van der Waals surface area contributed by atoms with Crippen molar-refractivity contribution in [3.8, 4) is 0 Å². The molecule has 5 nitrogen and oxygen atoms in total. The van der Waals surface area contributed by atoms with E-state index < -0.39 is 0 Å². The Hall–Kier alpha value is -2.11. The second-order valence-corrected chi connectivity index (χ2v) is 5.44. The van der Waals surface area contributed by atoms with Gasteiger partial charge < -0.3 is 15.0 Å². The lowest BCUT2D eigenvalue weighted by Crippen LogP contribution is -2.44. The van der Waals surface area contributed by atoms with Gasteiger partial charge in [-0.2, -0.15) is 0 Å². The number of hydrogen-bond acceptors (Lipinski definition) is 3. The number of aryl methyl sites for hydroxylation is 1. The number of halogens is 1. The van der Waals surface area contributed by atoms with E-state index in [0.717, 1.165) is 6.42 Å². The van der Waals surface area contributed by atoms with E-state index in [1.165, 1.54) is 6.07 Å². The molecule has 1 fully saturated rings. The van der Waals surface area contributed by atoms with Gasteiger partial charge in [0.25, 0.3) is 0 Å². The molecule has 1 aliphatic heterocycles. The summed E-state index contributed by atoms with van der Waals surface area (Å²) >= 11 is 0. The van der Waals surface area contributed by atoms with Crippen molar-refractivity contribution in [2.24, 2.45) is 5.92 Å². The summed E-state index contributed by atoms with van der Waals surface area (Å²) in [6.45, 7) is 4.66. The zero-order chi connectivity index (χ0) is 16.1. The average molecular weight is 308 g/mol.